The van der Waals surface area contributed by atoms with Crippen LogP contribution in [0.4, 0.5) is 8.78 Å². The molecule has 2 rings (SSSR count). The fourth-order valence-electron chi connectivity index (χ4n) is 1.92. The average molecular weight is 248 g/mol. The summed E-state index contributed by atoms with van der Waals surface area (Å²) in [5.41, 5.74) is 0.852. The third-order valence-electron chi connectivity index (χ3n) is 2.84. The maximum absolute atomic E-state index is 13.7. The first-order valence-electron chi connectivity index (χ1n) is 5.73. The molecule has 0 radical (unpaired) electrons. The summed E-state index contributed by atoms with van der Waals surface area (Å²) in [6.45, 7) is 0. The number of hydrogen-bond acceptors (Lipinski definition) is 2. The van der Waals surface area contributed by atoms with Gasteiger partial charge in [0.25, 0.3) is 0 Å². The number of nitrogens with one attached hydrogen (secondary N) is 1. The first-order chi connectivity index (χ1) is 8.72. The van der Waals surface area contributed by atoms with Crippen molar-refractivity contribution in [2.45, 2.75) is 12.5 Å². The Morgan fingerprint density at radius 2 is 1.83 bits per heavy atom. The van der Waals surface area contributed by atoms with Gasteiger partial charge in [0, 0.05) is 29.9 Å². The van der Waals surface area contributed by atoms with Gasteiger partial charge in [-0.15, -0.1) is 0 Å². The van der Waals surface area contributed by atoms with Crippen molar-refractivity contribution in [3.05, 3.63) is 65.5 Å². The summed E-state index contributed by atoms with van der Waals surface area (Å²) in [5, 5.41) is 2.93. The summed E-state index contributed by atoms with van der Waals surface area (Å²) in [5.74, 6) is -1.07. The molecule has 1 N–H and O–H groups in total. The van der Waals surface area contributed by atoms with Gasteiger partial charge in [0.15, 0.2) is 0 Å². The Hall–Kier alpha value is -1.81. The van der Waals surface area contributed by atoms with Gasteiger partial charge < -0.3 is 5.32 Å². The van der Waals surface area contributed by atoms with Crippen LogP contribution in [0.1, 0.15) is 17.3 Å². The normalized spacial score (nSPS) is 12.4. The number of likely N-dealkylation sites (N-methyl/N-ethyl adjacent to an activating group) is 1. The van der Waals surface area contributed by atoms with Crippen molar-refractivity contribution in [1.82, 2.24) is 10.3 Å². The number of nitrogens with zero attached hydrogens (tertiary/aromatic N) is 1. The second-order valence-electron chi connectivity index (χ2n) is 4.00. The van der Waals surface area contributed by atoms with Crippen molar-refractivity contribution in [3.8, 4) is 0 Å². The van der Waals surface area contributed by atoms with Crippen LogP contribution in [0.25, 0.3) is 0 Å². The molecule has 1 unspecified atom stereocenters. The van der Waals surface area contributed by atoms with Crippen molar-refractivity contribution < 1.29 is 8.78 Å². The van der Waals surface area contributed by atoms with Gasteiger partial charge in [-0.1, -0.05) is 12.1 Å². The Morgan fingerprint density at radius 1 is 1.11 bits per heavy atom. The van der Waals surface area contributed by atoms with Crippen molar-refractivity contribution in [2.24, 2.45) is 0 Å². The molecule has 1 heterocycles. The molecule has 1 aromatic carbocycles. The lowest BCUT2D eigenvalue weighted by molar-refractivity contribution is 0.487. The highest BCUT2D eigenvalue weighted by atomic mass is 19.1. The zero-order chi connectivity index (χ0) is 13.0. The van der Waals surface area contributed by atoms with E-state index in [9.17, 15) is 8.78 Å². The Kier molecular flexibility index (Phi) is 3.99. The molecule has 18 heavy (non-hydrogen) atoms. The molecule has 2 nitrogen and oxygen atoms in total. The highest BCUT2D eigenvalue weighted by Crippen LogP contribution is 2.23. The Bertz CT molecular complexity index is 494. The Balaban J connectivity index is 2.29. The highest BCUT2D eigenvalue weighted by Gasteiger charge is 2.19. The maximum Gasteiger partial charge on any atom is 0.130 e. The van der Waals surface area contributed by atoms with Crippen LogP contribution in [0, 0.1) is 11.6 Å². The predicted molar refractivity (Wildman–Crippen MR) is 66.1 cm³/mol. The highest BCUT2D eigenvalue weighted by molar-refractivity contribution is 5.25. The molecule has 0 aliphatic carbocycles. The van der Waals surface area contributed by atoms with E-state index in [1.807, 2.05) is 18.2 Å². The molecule has 2 aromatic rings. The number of aromatic nitrogens is 1. The number of hydrogen-bond donors (Lipinski definition) is 1. The molecule has 0 aliphatic rings. The summed E-state index contributed by atoms with van der Waals surface area (Å²) < 4.78 is 27.4. The third-order valence-corrected chi connectivity index (χ3v) is 2.84. The lowest BCUT2D eigenvalue weighted by Gasteiger charge is -2.17. The van der Waals surface area contributed by atoms with E-state index in [0.29, 0.717) is 6.42 Å². The number of halogens is 2. The van der Waals surface area contributed by atoms with Crippen molar-refractivity contribution >= 4 is 0 Å². The van der Waals surface area contributed by atoms with Crippen LogP contribution < -0.4 is 5.32 Å². The van der Waals surface area contributed by atoms with E-state index < -0.39 is 17.7 Å². The lowest BCUT2D eigenvalue weighted by atomic mass is 10.0. The van der Waals surface area contributed by atoms with Gasteiger partial charge in [0.2, 0.25) is 0 Å². The summed E-state index contributed by atoms with van der Waals surface area (Å²) in [4.78, 5) is 4.17. The molecule has 1 aromatic heterocycles. The van der Waals surface area contributed by atoms with E-state index in [2.05, 4.69) is 10.3 Å². The molecule has 0 fully saturated rings. The molecule has 0 bridgehead atoms. The lowest BCUT2D eigenvalue weighted by Crippen LogP contribution is -2.21. The summed E-state index contributed by atoms with van der Waals surface area (Å²) in [6.07, 6.45) is 2.11. The average Bonchev–Trinajstić information content (AvgIpc) is 2.38. The number of benzene rings is 1. The Labute approximate surface area is 105 Å². The number of rotatable bonds is 4. The molecule has 0 spiro atoms. The van der Waals surface area contributed by atoms with Crippen LogP contribution in [-0.4, -0.2) is 12.0 Å². The summed E-state index contributed by atoms with van der Waals surface area (Å²) in [6, 6.07) is 8.96. The van der Waals surface area contributed by atoms with Gasteiger partial charge in [-0.2, -0.15) is 0 Å². The van der Waals surface area contributed by atoms with E-state index in [1.165, 1.54) is 18.2 Å². The van der Waals surface area contributed by atoms with Gasteiger partial charge in [-0.05, 0) is 31.3 Å². The second-order valence-corrected chi connectivity index (χ2v) is 4.00. The Morgan fingerprint density at radius 3 is 2.39 bits per heavy atom. The fourth-order valence-corrected chi connectivity index (χ4v) is 1.92. The van der Waals surface area contributed by atoms with Crippen LogP contribution in [-0.2, 0) is 6.42 Å². The molecule has 4 heteroatoms. The topological polar surface area (TPSA) is 24.9 Å². The van der Waals surface area contributed by atoms with Gasteiger partial charge in [-0.3, -0.25) is 4.98 Å². The minimum atomic E-state index is -0.537. The minimum Gasteiger partial charge on any atom is -0.312 e. The zero-order valence-corrected chi connectivity index (χ0v) is 10.0. The predicted octanol–water partition coefficient (Wildman–Crippen LogP) is 2.86. The quantitative estimate of drug-likeness (QED) is 0.900. The van der Waals surface area contributed by atoms with Crippen molar-refractivity contribution in [2.75, 3.05) is 7.05 Å². The van der Waals surface area contributed by atoms with E-state index in [-0.39, 0.29) is 5.56 Å². The second kappa shape index (κ2) is 5.69. The molecule has 0 aliphatic heterocycles. The van der Waals surface area contributed by atoms with E-state index in [4.69, 9.17) is 0 Å². The first kappa shape index (κ1) is 12.6. The van der Waals surface area contributed by atoms with Crippen molar-refractivity contribution in [1.29, 1.82) is 0 Å². The van der Waals surface area contributed by atoms with Gasteiger partial charge in [0.1, 0.15) is 11.6 Å². The van der Waals surface area contributed by atoms with Crippen molar-refractivity contribution in [3.63, 3.8) is 0 Å². The monoisotopic (exact) mass is 248 g/mol. The minimum absolute atomic E-state index is 0.0608. The number of pyridine rings is 1. The largest absolute Gasteiger partial charge is 0.312 e. The molecule has 94 valence electrons. The first-order valence-corrected chi connectivity index (χ1v) is 5.73. The van der Waals surface area contributed by atoms with Gasteiger partial charge in [-0.25, -0.2) is 8.78 Å². The molecular formula is C14H14F2N2. The summed E-state index contributed by atoms with van der Waals surface area (Å²) in [7, 11) is 1.68. The van der Waals surface area contributed by atoms with E-state index in [0.717, 1.165) is 5.69 Å². The van der Waals surface area contributed by atoms with E-state index >= 15 is 0 Å². The smallest absolute Gasteiger partial charge is 0.130 e. The third kappa shape index (κ3) is 2.71. The molecule has 1 atom stereocenters. The fraction of sp³-hybridized carbons (Fsp3) is 0.214. The molecular weight excluding hydrogens is 234 g/mol. The zero-order valence-electron chi connectivity index (χ0n) is 10.0. The van der Waals surface area contributed by atoms with Crippen LogP contribution >= 0.6 is 0 Å². The van der Waals surface area contributed by atoms with Crippen LogP contribution in [0.15, 0.2) is 42.6 Å². The molecule has 0 amide bonds. The van der Waals surface area contributed by atoms with Gasteiger partial charge in [0.05, 0.1) is 0 Å². The molecule has 0 saturated carbocycles. The van der Waals surface area contributed by atoms with E-state index in [1.54, 1.807) is 13.2 Å². The standard InChI is InChI=1S/C14H14F2N2/c1-17-13(9-10-5-2-3-8-18-10)14-11(15)6-4-7-12(14)16/h2-8,13,17H,9H2,1H3. The van der Waals surface area contributed by atoms with Crippen LogP contribution in [0.2, 0.25) is 0 Å². The maximum atomic E-state index is 13.7. The SMILES string of the molecule is CNC(Cc1ccccn1)c1c(F)cccc1F. The molecule has 0 saturated heterocycles. The van der Waals surface area contributed by atoms with Crippen LogP contribution in [0.3, 0.4) is 0 Å². The summed E-state index contributed by atoms with van der Waals surface area (Å²) >= 11 is 0. The van der Waals surface area contributed by atoms with Crippen LogP contribution in [0.5, 0.6) is 0 Å². The van der Waals surface area contributed by atoms with Gasteiger partial charge >= 0.3 is 0 Å².